The molecule has 1 aromatic heterocycles. The van der Waals surface area contributed by atoms with Crippen molar-refractivity contribution in [2.45, 2.75) is 19.4 Å². The summed E-state index contributed by atoms with van der Waals surface area (Å²) < 4.78 is 0. The number of likely N-dealkylation sites (tertiary alicyclic amines) is 1. The maximum absolute atomic E-state index is 5.40. The molecule has 1 saturated heterocycles. The number of thiophene rings is 1. The fourth-order valence-electron chi connectivity index (χ4n) is 2.70. The predicted molar refractivity (Wildman–Crippen MR) is 86.8 cm³/mol. The normalized spacial score (nSPS) is 17.2. The van der Waals surface area contributed by atoms with Crippen LogP contribution in [0.1, 0.15) is 23.3 Å². The molecule has 0 unspecified atom stereocenters. The van der Waals surface area contributed by atoms with Crippen molar-refractivity contribution in [2.24, 2.45) is 11.7 Å². The molecule has 4 heteroatoms. The smallest absolute Gasteiger partial charge is 0.0555 e. The van der Waals surface area contributed by atoms with E-state index < -0.39 is 0 Å². The summed E-state index contributed by atoms with van der Waals surface area (Å²) in [7, 11) is 4.44. The molecule has 2 heterocycles. The first kappa shape index (κ1) is 15.5. The molecule has 0 spiro atoms. The molecule has 110 valence electrons. The highest BCUT2D eigenvalue weighted by atomic mass is 32.1. The summed E-state index contributed by atoms with van der Waals surface area (Å²) in [6.45, 7) is 5.16. The average Bonchev–Trinajstić information content (AvgIpc) is 2.86. The Labute approximate surface area is 126 Å². The Hall–Kier alpha value is -0.860. The van der Waals surface area contributed by atoms with E-state index >= 15 is 0 Å². The number of nitrogens with two attached hydrogens (primary N) is 1. The van der Waals surface area contributed by atoms with Gasteiger partial charge in [0, 0.05) is 28.9 Å². The van der Waals surface area contributed by atoms with Gasteiger partial charge in [-0.25, -0.2) is 0 Å². The molecule has 1 fully saturated rings. The summed E-state index contributed by atoms with van der Waals surface area (Å²) in [5, 5.41) is 2.13. The molecule has 0 bridgehead atoms. The maximum Gasteiger partial charge on any atom is 0.0555 e. The molecule has 2 rings (SSSR count). The van der Waals surface area contributed by atoms with Crippen LogP contribution in [0, 0.1) is 17.8 Å². The standard InChI is InChI=1S/C16H25N3S/c1-18-8-5-14(6-9-18)11-19(2)12-16-10-15(13-20-16)4-3-7-17/h10,13-14H,5-9,11-12,17H2,1-2H3. The highest BCUT2D eigenvalue weighted by Gasteiger charge is 2.18. The second kappa shape index (κ2) is 7.80. The molecule has 0 saturated carbocycles. The van der Waals surface area contributed by atoms with Crippen molar-refractivity contribution in [2.75, 3.05) is 40.3 Å². The summed E-state index contributed by atoms with van der Waals surface area (Å²) in [5.41, 5.74) is 6.50. The Balaban J connectivity index is 1.79. The third-order valence-electron chi connectivity index (χ3n) is 3.82. The van der Waals surface area contributed by atoms with Crippen molar-refractivity contribution in [3.8, 4) is 11.8 Å². The van der Waals surface area contributed by atoms with Crippen molar-refractivity contribution in [3.63, 3.8) is 0 Å². The lowest BCUT2D eigenvalue weighted by molar-refractivity contribution is 0.174. The molecular formula is C16H25N3S. The van der Waals surface area contributed by atoms with Gasteiger partial charge in [-0.05, 0) is 52.0 Å². The van der Waals surface area contributed by atoms with Crippen LogP contribution in [0.25, 0.3) is 0 Å². The number of nitrogens with zero attached hydrogens (tertiary/aromatic N) is 2. The van der Waals surface area contributed by atoms with Gasteiger partial charge in [-0.2, -0.15) is 0 Å². The minimum Gasteiger partial charge on any atom is -0.320 e. The minimum absolute atomic E-state index is 0.432. The van der Waals surface area contributed by atoms with Gasteiger partial charge in [0.1, 0.15) is 0 Å². The predicted octanol–water partition coefficient (Wildman–Crippen LogP) is 1.83. The molecule has 0 aliphatic carbocycles. The van der Waals surface area contributed by atoms with E-state index in [2.05, 4.69) is 47.2 Å². The van der Waals surface area contributed by atoms with E-state index in [0.717, 1.165) is 18.0 Å². The van der Waals surface area contributed by atoms with Gasteiger partial charge in [0.05, 0.1) is 6.54 Å². The Kier molecular flexibility index (Phi) is 6.06. The van der Waals surface area contributed by atoms with Crippen LogP contribution in [0.15, 0.2) is 11.4 Å². The van der Waals surface area contributed by atoms with E-state index in [1.165, 1.54) is 37.4 Å². The SMILES string of the molecule is CN1CCC(CN(C)Cc2cc(C#CCN)cs2)CC1. The van der Waals surface area contributed by atoms with Gasteiger partial charge in [0.15, 0.2) is 0 Å². The molecule has 1 aliphatic heterocycles. The molecule has 0 radical (unpaired) electrons. The van der Waals surface area contributed by atoms with Crippen LogP contribution in [0.4, 0.5) is 0 Å². The van der Waals surface area contributed by atoms with Crippen LogP contribution in [-0.4, -0.2) is 50.1 Å². The van der Waals surface area contributed by atoms with Crippen molar-refractivity contribution < 1.29 is 0 Å². The first-order valence-corrected chi connectivity index (χ1v) is 8.18. The molecule has 2 N–H and O–H groups in total. The molecule has 3 nitrogen and oxygen atoms in total. The second-order valence-electron chi connectivity index (χ2n) is 5.75. The number of hydrogen-bond donors (Lipinski definition) is 1. The topological polar surface area (TPSA) is 32.5 Å². The lowest BCUT2D eigenvalue weighted by atomic mass is 9.97. The Morgan fingerprint density at radius 2 is 2.20 bits per heavy atom. The first-order valence-electron chi connectivity index (χ1n) is 7.31. The van der Waals surface area contributed by atoms with Crippen molar-refractivity contribution >= 4 is 11.3 Å². The van der Waals surface area contributed by atoms with E-state index in [4.69, 9.17) is 5.73 Å². The van der Waals surface area contributed by atoms with Crippen LogP contribution in [0.5, 0.6) is 0 Å². The molecule has 20 heavy (non-hydrogen) atoms. The van der Waals surface area contributed by atoms with Crippen molar-refractivity contribution in [1.82, 2.24) is 9.80 Å². The van der Waals surface area contributed by atoms with Gasteiger partial charge >= 0.3 is 0 Å². The lowest BCUT2D eigenvalue weighted by Crippen LogP contribution is -2.35. The van der Waals surface area contributed by atoms with Crippen LogP contribution in [0.3, 0.4) is 0 Å². The van der Waals surface area contributed by atoms with E-state index in [0.29, 0.717) is 6.54 Å². The zero-order chi connectivity index (χ0) is 14.4. The Bertz CT molecular complexity index is 464. The maximum atomic E-state index is 5.40. The highest BCUT2D eigenvalue weighted by Crippen LogP contribution is 2.20. The summed E-state index contributed by atoms with van der Waals surface area (Å²) in [5.74, 6) is 6.86. The third-order valence-corrected chi connectivity index (χ3v) is 4.74. The molecule has 0 atom stereocenters. The minimum atomic E-state index is 0.432. The number of piperidine rings is 1. The fourth-order valence-corrected chi connectivity index (χ4v) is 3.59. The van der Waals surface area contributed by atoms with Gasteiger partial charge < -0.3 is 15.5 Å². The largest absolute Gasteiger partial charge is 0.320 e. The number of rotatable bonds is 4. The van der Waals surface area contributed by atoms with E-state index in [1.807, 2.05) is 0 Å². The molecule has 0 aromatic carbocycles. The molecule has 0 amide bonds. The third kappa shape index (κ3) is 4.92. The summed E-state index contributed by atoms with van der Waals surface area (Å²) >= 11 is 1.80. The lowest BCUT2D eigenvalue weighted by Gasteiger charge is -2.31. The van der Waals surface area contributed by atoms with Crippen LogP contribution >= 0.6 is 11.3 Å². The second-order valence-corrected chi connectivity index (χ2v) is 6.75. The van der Waals surface area contributed by atoms with E-state index in [9.17, 15) is 0 Å². The molecule has 1 aromatic rings. The van der Waals surface area contributed by atoms with Gasteiger partial charge in [0.2, 0.25) is 0 Å². The summed E-state index contributed by atoms with van der Waals surface area (Å²) in [6.07, 6.45) is 2.66. The quantitative estimate of drug-likeness (QED) is 0.859. The molecule has 1 aliphatic rings. The van der Waals surface area contributed by atoms with Crippen molar-refractivity contribution in [1.29, 1.82) is 0 Å². The van der Waals surface area contributed by atoms with Crippen LogP contribution in [0.2, 0.25) is 0 Å². The zero-order valence-corrected chi connectivity index (χ0v) is 13.4. The van der Waals surface area contributed by atoms with Crippen molar-refractivity contribution in [3.05, 3.63) is 21.9 Å². The number of hydrogen-bond acceptors (Lipinski definition) is 4. The first-order chi connectivity index (χ1) is 9.67. The highest BCUT2D eigenvalue weighted by molar-refractivity contribution is 7.10. The summed E-state index contributed by atoms with van der Waals surface area (Å²) in [4.78, 5) is 6.27. The monoisotopic (exact) mass is 291 g/mol. The van der Waals surface area contributed by atoms with Gasteiger partial charge in [-0.15, -0.1) is 11.3 Å². The summed E-state index contributed by atoms with van der Waals surface area (Å²) in [6, 6.07) is 2.19. The van der Waals surface area contributed by atoms with E-state index in [1.54, 1.807) is 11.3 Å². The van der Waals surface area contributed by atoms with E-state index in [-0.39, 0.29) is 0 Å². The van der Waals surface area contributed by atoms with Gasteiger partial charge in [-0.1, -0.05) is 11.8 Å². The zero-order valence-electron chi connectivity index (χ0n) is 12.6. The Morgan fingerprint density at radius 3 is 2.90 bits per heavy atom. The van der Waals surface area contributed by atoms with Gasteiger partial charge in [-0.3, -0.25) is 0 Å². The average molecular weight is 291 g/mol. The fraction of sp³-hybridized carbons (Fsp3) is 0.625. The van der Waals surface area contributed by atoms with Crippen LogP contribution in [-0.2, 0) is 6.54 Å². The van der Waals surface area contributed by atoms with Crippen LogP contribution < -0.4 is 5.73 Å². The molecular weight excluding hydrogens is 266 g/mol. The Morgan fingerprint density at radius 1 is 1.45 bits per heavy atom. The van der Waals surface area contributed by atoms with Gasteiger partial charge in [0.25, 0.3) is 0 Å².